The van der Waals surface area contributed by atoms with Crippen LogP contribution in [0.2, 0.25) is 0 Å². The number of amides is 4. The minimum absolute atomic E-state index is 0.00525. The van der Waals surface area contributed by atoms with Gasteiger partial charge in [0.2, 0.25) is 0 Å². The summed E-state index contributed by atoms with van der Waals surface area (Å²) in [6, 6.07) is 9.21. The third-order valence-electron chi connectivity index (χ3n) is 11.6. The standard InChI is InChI=1S/C47H46N6O20S3/c1-21-11-23(3)44(50-46(62)52(17-37(54)55)18-38(56)57)25(5)42(21)48-30-15-32-28(13-35(30)75(67,68)69)41(27-9-7-8-10-34(27)74(64,65)66)29-14-36(76(70,71)72)31(16-33(29)73-32)49-43-22(2)12-24(4)45(26(43)6)51-47(63)53(19-39(58)59)20-40(60)61/h7-16,48H,17-20H2,1-6H3,(H,50,62)(H,51,63)(H,54,55)(H,56,57)(H,58,59)(H,60,61)(H,64,65,66)(H,67,68,69)(H,70,71,72)/b49-31-. The molecule has 0 atom stereocenters. The van der Waals surface area contributed by atoms with Crippen molar-refractivity contribution in [1.29, 1.82) is 0 Å². The summed E-state index contributed by atoms with van der Waals surface area (Å²) in [7, 11) is -15.9. The molecule has 4 aromatic carbocycles. The number of nitrogens with zero attached hydrogens (tertiary/aromatic N) is 3. The number of carbonyl (C=O) groups excluding carboxylic acids is 2. The zero-order valence-corrected chi connectivity index (χ0v) is 43.1. The van der Waals surface area contributed by atoms with Crippen LogP contribution in [0.25, 0.3) is 33.4 Å². The molecule has 0 fully saturated rings. The van der Waals surface area contributed by atoms with Crippen LogP contribution >= 0.6 is 0 Å². The van der Waals surface area contributed by atoms with Crippen molar-refractivity contribution in [3.8, 4) is 22.5 Å². The van der Waals surface area contributed by atoms with E-state index in [1.165, 1.54) is 44.2 Å². The molecule has 4 amide bonds. The third-order valence-corrected chi connectivity index (χ3v) is 14.3. The van der Waals surface area contributed by atoms with Gasteiger partial charge in [-0.1, -0.05) is 30.3 Å². The lowest BCUT2D eigenvalue weighted by atomic mass is 9.93. The first-order valence-corrected chi connectivity index (χ1v) is 26.1. The van der Waals surface area contributed by atoms with Crippen molar-refractivity contribution in [1.82, 2.24) is 9.80 Å². The summed E-state index contributed by atoms with van der Waals surface area (Å²) in [5.74, 6) is -6.41. The van der Waals surface area contributed by atoms with Crippen LogP contribution in [0.1, 0.15) is 33.4 Å². The zero-order chi connectivity index (χ0) is 56.7. The van der Waals surface area contributed by atoms with Crippen molar-refractivity contribution in [2.24, 2.45) is 4.99 Å². The highest BCUT2D eigenvalue weighted by molar-refractivity contribution is 7.86. The maximum absolute atomic E-state index is 13.4. The highest BCUT2D eigenvalue weighted by atomic mass is 32.2. The molecule has 6 rings (SSSR count). The van der Waals surface area contributed by atoms with E-state index in [2.05, 4.69) is 20.9 Å². The van der Waals surface area contributed by atoms with E-state index in [1.54, 1.807) is 27.7 Å². The number of carboxylic acid groups (broad SMARTS) is 4. The summed E-state index contributed by atoms with van der Waals surface area (Å²) in [5.41, 5.74) is 0.0955. The number of fused-ring (bicyclic) bond motifs is 2. The average Bonchev–Trinajstić information content (AvgIpc) is 3.28. The molecule has 29 heteroatoms. The molecule has 0 saturated carbocycles. The Balaban J connectivity index is 1.68. The second kappa shape index (κ2) is 21.4. The molecule has 1 aliphatic heterocycles. The van der Waals surface area contributed by atoms with Crippen molar-refractivity contribution < 1.29 is 92.5 Å². The molecule has 0 unspecified atom stereocenters. The van der Waals surface area contributed by atoms with Crippen LogP contribution in [-0.2, 0) is 49.5 Å². The number of aliphatic carboxylic acids is 4. The molecule has 1 aliphatic carbocycles. The maximum atomic E-state index is 13.4. The largest absolute Gasteiger partial charge is 0.480 e. The van der Waals surface area contributed by atoms with Gasteiger partial charge in [-0.15, -0.1) is 0 Å². The Labute approximate surface area is 431 Å². The van der Waals surface area contributed by atoms with Crippen LogP contribution in [0, 0.1) is 41.5 Å². The van der Waals surface area contributed by atoms with E-state index in [0.29, 0.717) is 32.1 Å². The molecule has 402 valence electrons. The lowest BCUT2D eigenvalue weighted by Crippen LogP contribution is -2.42. The Morgan fingerprint density at radius 2 is 1.00 bits per heavy atom. The van der Waals surface area contributed by atoms with Gasteiger partial charge in [0.15, 0.2) is 0 Å². The Hall–Kier alpha value is -8.48. The maximum Gasteiger partial charge on any atom is 0.323 e. The van der Waals surface area contributed by atoms with Gasteiger partial charge in [0.25, 0.3) is 30.4 Å². The number of hydrogen-bond donors (Lipinski definition) is 10. The number of carboxylic acids is 4. The number of anilines is 4. The van der Waals surface area contributed by atoms with E-state index in [4.69, 9.17) is 4.42 Å². The summed E-state index contributed by atoms with van der Waals surface area (Å²) in [4.78, 5) is 75.4. The van der Waals surface area contributed by atoms with E-state index >= 15 is 0 Å². The smallest absolute Gasteiger partial charge is 0.323 e. The molecule has 0 radical (unpaired) electrons. The van der Waals surface area contributed by atoms with Gasteiger partial charge in [-0.3, -0.25) is 32.8 Å². The van der Waals surface area contributed by atoms with Gasteiger partial charge in [0.1, 0.15) is 52.2 Å². The Morgan fingerprint density at radius 3 is 1.49 bits per heavy atom. The fraction of sp³-hybridized carbons (Fsp3) is 0.213. The van der Waals surface area contributed by atoms with Crippen LogP contribution in [-0.4, -0.2) is 131 Å². The molecule has 1 heterocycles. The molecule has 26 nitrogen and oxygen atoms in total. The summed E-state index contributed by atoms with van der Waals surface area (Å²) in [6.45, 7) is 5.13. The summed E-state index contributed by atoms with van der Waals surface area (Å²) < 4.78 is 118. The molecular formula is C47H46N6O20S3. The number of urea groups is 2. The molecule has 76 heavy (non-hydrogen) atoms. The second-order valence-electron chi connectivity index (χ2n) is 17.2. The SMILES string of the molecule is Cc1cc(C)c(NC(=O)N(CC(=O)O)CC(=O)O)c(C)c1/N=c1/cc2oc3cc(Nc4c(C)cc(C)c(NC(=O)N(CC(=O)O)CC(=O)O)c4C)c(S(=O)(=O)O)cc3c(-c3ccccc3S(=O)(=O)O)c-2cc1S(=O)(=O)O. The highest BCUT2D eigenvalue weighted by Gasteiger charge is 2.31. The van der Waals surface area contributed by atoms with Crippen LogP contribution < -0.4 is 21.3 Å². The first kappa shape index (κ1) is 56.8. The monoisotopic (exact) mass is 1110 g/mol. The van der Waals surface area contributed by atoms with Crippen molar-refractivity contribution in [2.45, 2.75) is 56.2 Å². The van der Waals surface area contributed by atoms with Gasteiger partial charge in [0, 0.05) is 39.9 Å². The minimum Gasteiger partial charge on any atom is -0.480 e. The van der Waals surface area contributed by atoms with E-state index in [9.17, 15) is 88.1 Å². The molecule has 0 saturated heterocycles. The van der Waals surface area contributed by atoms with Gasteiger partial charge < -0.3 is 50.6 Å². The Kier molecular flexibility index (Phi) is 16.0. The van der Waals surface area contributed by atoms with Crippen LogP contribution in [0.15, 0.2) is 84.8 Å². The van der Waals surface area contributed by atoms with Crippen LogP contribution in [0.5, 0.6) is 0 Å². The quantitative estimate of drug-likeness (QED) is 0.0382. The van der Waals surface area contributed by atoms with E-state index in [0.717, 1.165) is 30.3 Å². The van der Waals surface area contributed by atoms with Gasteiger partial charge in [-0.25, -0.2) is 14.6 Å². The van der Waals surface area contributed by atoms with E-state index < -0.39 is 118 Å². The van der Waals surface area contributed by atoms with Crippen molar-refractivity contribution in [2.75, 3.05) is 42.1 Å². The molecule has 10 N–H and O–H groups in total. The van der Waals surface area contributed by atoms with E-state index in [-0.39, 0.29) is 67.3 Å². The molecule has 0 spiro atoms. The van der Waals surface area contributed by atoms with Crippen molar-refractivity contribution in [3.63, 3.8) is 0 Å². The summed E-state index contributed by atoms with van der Waals surface area (Å²) in [6.07, 6.45) is 0. The fourth-order valence-corrected chi connectivity index (χ4v) is 10.5. The van der Waals surface area contributed by atoms with Crippen molar-refractivity contribution >= 4 is 106 Å². The fourth-order valence-electron chi connectivity index (χ4n) is 8.51. The lowest BCUT2D eigenvalue weighted by Gasteiger charge is -2.24. The summed E-state index contributed by atoms with van der Waals surface area (Å²) >= 11 is 0. The average molecular weight is 1110 g/mol. The normalized spacial score (nSPS) is 12.1. The molecule has 0 aromatic heterocycles. The molecule has 2 aliphatic rings. The van der Waals surface area contributed by atoms with Gasteiger partial charge in [0.05, 0.1) is 28.1 Å². The number of carbonyl (C=O) groups is 6. The molecular weight excluding hydrogens is 1060 g/mol. The second-order valence-corrected chi connectivity index (χ2v) is 21.4. The number of rotatable bonds is 17. The third kappa shape index (κ3) is 12.4. The number of aryl methyl sites for hydroxylation is 4. The van der Waals surface area contributed by atoms with Gasteiger partial charge >= 0.3 is 35.9 Å². The minimum atomic E-state index is -5.36. The van der Waals surface area contributed by atoms with Crippen molar-refractivity contribution in [3.05, 3.63) is 99.4 Å². The Morgan fingerprint density at radius 1 is 0.539 bits per heavy atom. The Bertz CT molecular complexity index is 3840. The predicted molar refractivity (Wildman–Crippen MR) is 269 cm³/mol. The lowest BCUT2D eigenvalue weighted by molar-refractivity contribution is -0.142. The molecule has 0 bridgehead atoms. The number of hydrogen-bond acceptors (Lipinski definition) is 15. The molecule has 4 aromatic rings. The van der Waals surface area contributed by atoms with E-state index in [1.807, 2.05) is 0 Å². The van der Waals surface area contributed by atoms with Crippen LogP contribution in [0.3, 0.4) is 0 Å². The highest BCUT2D eigenvalue weighted by Crippen LogP contribution is 2.46. The number of benzene rings is 5. The number of nitrogens with one attached hydrogen (secondary N) is 3. The first-order chi connectivity index (χ1) is 35.2. The van der Waals surface area contributed by atoms with Crippen LogP contribution in [0.4, 0.5) is 38.0 Å². The first-order valence-electron chi connectivity index (χ1n) is 21.8. The summed E-state index contributed by atoms with van der Waals surface area (Å²) in [5, 5.41) is 44.3. The van der Waals surface area contributed by atoms with Gasteiger partial charge in [-0.05, 0) is 93.1 Å². The zero-order valence-electron chi connectivity index (χ0n) is 40.6. The predicted octanol–water partition coefficient (Wildman–Crippen LogP) is 5.78. The van der Waals surface area contributed by atoms with Gasteiger partial charge in [-0.2, -0.15) is 25.3 Å². The topological polar surface area (TPSA) is 415 Å².